The number of rotatable bonds is 10. The predicted molar refractivity (Wildman–Crippen MR) is 88.6 cm³/mol. The summed E-state index contributed by atoms with van der Waals surface area (Å²) >= 11 is 0. The number of aliphatic carboxylic acids is 2. The normalized spacial score (nSPS) is 12.2. The van der Waals surface area contributed by atoms with Gasteiger partial charge in [-0.25, -0.2) is 0 Å². The molecule has 0 bridgehead atoms. The van der Waals surface area contributed by atoms with E-state index in [1.165, 1.54) is 0 Å². The highest BCUT2D eigenvalue weighted by atomic mass is 16.5. The van der Waals surface area contributed by atoms with Crippen molar-refractivity contribution in [3.05, 3.63) is 23.8 Å². The molecule has 1 rings (SSSR count). The van der Waals surface area contributed by atoms with Crippen molar-refractivity contribution in [3.63, 3.8) is 0 Å². The van der Waals surface area contributed by atoms with Gasteiger partial charge >= 0.3 is 11.9 Å². The second-order valence-corrected chi connectivity index (χ2v) is 5.82. The number of ether oxygens (including phenoxy) is 2. The van der Waals surface area contributed by atoms with Gasteiger partial charge in [-0.05, 0) is 36.6 Å². The summed E-state index contributed by atoms with van der Waals surface area (Å²) in [6.07, 6.45) is 0.607. The van der Waals surface area contributed by atoms with Gasteiger partial charge in [-0.2, -0.15) is 0 Å². The fourth-order valence-corrected chi connectivity index (χ4v) is 2.57. The van der Waals surface area contributed by atoms with Crippen molar-refractivity contribution in [2.75, 3.05) is 20.8 Å². The van der Waals surface area contributed by atoms with Crippen LogP contribution in [0.5, 0.6) is 11.5 Å². The number of methoxy groups -OCH3 is 2. The van der Waals surface area contributed by atoms with Gasteiger partial charge in [-0.15, -0.1) is 0 Å². The highest BCUT2D eigenvalue weighted by molar-refractivity contribution is 5.93. The average molecular weight is 339 g/mol. The molecule has 0 amide bonds. The molecule has 0 aliphatic rings. The molecule has 0 aliphatic heterocycles. The summed E-state index contributed by atoms with van der Waals surface area (Å²) in [4.78, 5) is 22.4. The Balaban J connectivity index is 2.75. The Morgan fingerprint density at radius 2 is 1.67 bits per heavy atom. The lowest BCUT2D eigenvalue weighted by molar-refractivity contribution is -0.156. The summed E-state index contributed by atoms with van der Waals surface area (Å²) in [5.74, 6) is -3.03. The van der Waals surface area contributed by atoms with Crippen molar-refractivity contribution >= 4 is 11.9 Å². The van der Waals surface area contributed by atoms with Crippen LogP contribution < -0.4 is 14.8 Å². The number of benzene rings is 1. The highest BCUT2D eigenvalue weighted by Gasteiger charge is 2.36. The zero-order chi connectivity index (χ0) is 18.3. The number of hydrogen-bond acceptors (Lipinski definition) is 5. The fraction of sp³-hybridized carbons (Fsp3) is 0.529. The molecular weight excluding hydrogens is 314 g/mol. The zero-order valence-electron chi connectivity index (χ0n) is 14.4. The van der Waals surface area contributed by atoms with Gasteiger partial charge in [-0.1, -0.05) is 19.9 Å². The minimum atomic E-state index is -1.48. The van der Waals surface area contributed by atoms with Crippen LogP contribution in [0.4, 0.5) is 0 Å². The Morgan fingerprint density at radius 1 is 1.08 bits per heavy atom. The molecule has 0 fully saturated rings. The quantitative estimate of drug-likeness (QED) is 0.557. The summed E-state index contributed by atoms with van der Waals surface area (Å²) in [5.41, 5.74) is 0.977. The second-order valence-electron chi connectivity index (χ2n) is 5.82. The van der Waals surface area contributed by atoms with Crippen LogP contribution in [0.25, 0.3) is 0 Å². The third-order valence-electron chi connectivity index (χ3n) is 3.85. The maximum atomic E-state index is 11.2. The van der Waals surface area contributed by atoms with E-state index in [0.29, 0.717) is 24.5 Å². The fourth-order valence-electron chi connectivity index (χ4n) is 2.57. The molecule has 0 saturated carbocycles. The topological polar surface area (TPSA) is 105 Å². The number of hydrogen-bond donors (Lipinski definition) is 3. The third-order valence-corrected chi connectivity index (χ3v) is 3.85. The van der Waals surface area contributed by atoms with Crippen molar-refractivity contribution in [2.24, 2.45) is 11.8 Å². The molecule has 24 heavy (non-hydrogen) atoms. The molecule has 0 spiro atoms. The van der Waals surface area contributed by atoms with Gasteiger partial charge in [0.2, 0.25) is 0 Å². The van der Waals surface area contributed by atoms with E-state index in [1.54, 1.807) is 34.1 Å². The molecule has 0 heterocycles. The van der Waals surface area contributed by atoms with Crippen molar-refractivity contribution in [1.29, 1.82) is 0 Å². The number of nitrogens with one attached hydrogen (secondary N) is 1. The minimum Gasteiger partial charge on any atom is -0.493 e. The first-order valence-electron chi connectivity index (χ1n) is 7.71. The third kappa shape index (κ3) is 5.13. The van der Waals surface area contributed by atoms with Gasteiger partial charge < -0.3 is 25.0 Å². The first-order valence-corrected chi connectivity index (χ1v) is 7.71. The monoisotopic (exact) mass is 339 g/mol. The van der Waals surface area contributed by atoms with Gasteiger partial charge in [0.25, 0.3) is 0 Å². The Labute approximate surface area is 141 Å². The van der Waals surface area contributed by atoms with Gasteiger partial charge in [0, 0.05) is 6.04 Å². The van der Waals surface area contributed by atoms with E-state index in [0.717, 1.165) is 5.56 Å². The van der Waals surface area contributed by atoms with Gasteiger partial charge in [-0.3, -0.25) is 9.59 Å². The van der Waals surface area contributed by atoms with E-state index in [2.05, 4.69) is 5.32 Å². The Hall–Kier alpha value is -2.28. The molecule has 0 saturated heterocycles. The van der Waals surface area contributed by atoms with Crippen molar-refractivity contribution in [3.8, 4) is 11.5 Å². The van der Waals surface area contributed by atoms with Crippen LogP contribution in [0.2, 0.25) is 0 Å². The molecule has 7 nitrogen and oxygen atoms in total. The molecule has 7 heteroatoms. The first-order chi connectivity index (χ1) is 11.3. The summed E-state index contributed by atoms with van der Waals surface area (Å²) < 4.78 is 10.4. The summed E-state index contributed by atoms with van der Waals surface area (Å²) in [6, 6.07) is 4.88. The molecule has 0 aliphatic carbocycles. The molecule has 1 aromatic rings. The molecule has 134 valence electrons. The number of carboxylic acid groups (broad SMARTS) is 2. The van der Waals surface area contributed by atoms with Crippen molar-refractivity contribution < 1.29 is 29.3 Å². The zero-order valence-corrected chi connectivity index (χ0v) is 14.4. The standard InChI is InChI=1S/C17H25NO6/c1-10(2)15(14(16(19)20)17(21)22)18-8-7-11-5-6-12(23-3)13(9-11)24-4/h5-6,9-10,14-15,18H,7-8H2,1-4H3,(H,19,20)(H,21,22). The van der Waals surface area contributed by atoms with Crippen LogP contribution in [-0.2, 0) is 16.0 Å². The van der Waals surface area contributed by atoms with Crippen molar-refractivity contribution in [2.45, 2.75) is 26.3 Å². The molecule has 1 unspecified atom stereocenters. The van der Waals surface area contributed by atoms with E-state index in [4.69, 9.17) is 19.7 Å². The van der Waals surface area contributed by atoms with Crippen LogP contribution in [-0.4, -0.2) is 49.0 Å². The van der Waals surface area contributed by atoms with Crippen LogP contribution >= 0.6 is 0 Å². The first kappa shape index (κ1) is 19.8. The lowest BCUT2D eigenvalue weighted by Gasteiger charge is -2.26. The molecule has 0 radical (unpaired) electrons. The SMILES string of the molecule is COc1ccc(CCNC(C(C)C)C(C(=O)O)C(=O)O)cc1OC. The Bertz CT molecular complexity index is 558. The van der Waals surface area contributed by atoms with E-state index < -0.39 is 23.9 Å². The number of carboxylic acids is 2. The van der Waals surface area contributed by atoms with Crippen molar-refractivity contribution in [1.82, 2.24) is 5.32 Å². The summed E-state index contributed by atoms with van der Waals surface area (Å²) in [6.45, 7) is 4.05. The van der Waals surface area contributed by atoms with E-state index in [9.17, 15) is 9.59 Å². The average Bonchev–Trinajstić information content (AvgIpc) is 2.52. The van der Waals surface area contributed by atoms with Gasteiger partial charge in [0.05, 0.1) is 14.2 Å². The molecule has 1 atom stereocenters. The number of carbonyl (C=O) groups is 2. The van der Waals surface area contributed by atoms with Crippen LogP contribution in [0.1, 0.15) is 19.4 Å². The predicted octanol–water partition coefficient (Wildman–Crippen LogP) is 1.65. The summed E-state index contributed by atoms with van der Waals surface area (Å²) in [7, 11) is 3.11. The smallest absolute Gasteiger partial charge is 0.319 e. The van der Waals surface area contributed by atoms with E-state index >= 15 is 0 Å². The maximum Gasteiger partial charge on any atom is 0.319 e. The molecular formula is C17H25NO6. The lowest BCUT2D eigenvalue weighted by Crippen LogP contribution is -2.48. The Kier molecular flexibility index (Phi) is 7.51. The Morgan fingerprint density at radius 3 is 2.12 bits per heavy atom. The van der Waals surface area contributed by atoms with Crippen LogP contribution in [0, 0.1) is 11.8 Å². The molecule has 1 aromatic carbocycles. The van der Waals surface area contributed by atoms with E-state index in [1.807, 2.05) is 12.1 Å². The van der Waals surface area contributed by atoms with Gasteiger partial charge in [0.1, 0.15) is 0 Å². The molecule has 3 N–H and O–H groups in total. The largest absolute Gasteiger partial charge is 0.493 e. The van der Waals surface area contributed by atoms with Crippen LogP contribution in [0.15, 0.2) is 18.2 Å². The van der Waals surface area contributed by atoms with Gasteiger partial charge in [0.15, 0.2) is 17.4 Å². The highest BCUT2D eigenvalue weighted by Crippen LogP contribution is 2.27. The maximum absolute atomic E-state index is 11.2. The lowest BCUT2D eigenvalue weighted by atomic mass is 9.90. The second kappa shape index (κ2) is 9.12. The van der Waals surface area contributed by atoms with Crippen LogP contribution in [0.3, 0.4) is 0 Å². The van der Waals surface area contributed by atoms with E-state index in [-0.39, 0.29) is 5.92 Å². The molecule has 0 aromatic heterocycles. The summed E-state index contributed by atoms with van der Waals surface area (Å²) in [5, 5.41) is 21.4. The minimum absolute atomic E-state index is 0.132.